The molecule has 0 bridgehead atoms. The van der Waals surface area contributed by atoms with Crippen molar-refractivity contribution < 1.29 is 4.39 Å². The lowest BCUT2D eigenvalue weighted by Gasteiger charge is -2.13. The molecule has 18 heavy (non-hydrogen) atoms. The predicted octanol–water partition coefficient (Wildman–Crippen LogP) is 4.65. The van der Waals surface area contributed by atoms with Gasteiger partial charge in [0.1, 0.15) is 5.82 Å². The molecular formula is C14H13ClFNS. The second-order valence-electron chi connectivity index (χ2n) is 4.00. The molecule has 2 aromatic rings. The standard InChI is InChI=1S/C14H13ClFNS/c1-9(17)11-8-10(16)6-7-13(11)18-14-5-3-2-4-12(14)15/h2-9H,17H2,1H3. The van der Waals surface area contributed by atoms with Gasteiger partial charge in [-0.3, -0.25) is 0 Å². The van der Waals surface area contributed by atoms with Gasteiger partial charge in [0, 0.05) is 15.8 Å². The van der Waals surface area contributed by atoms with Crippen molar-refractivity contribution in [1.82, 2.24) is 0 Å². The van der Waals surface area contributed by atoms with E-state index in [2.05, 4.69) is 0 Å². The van der Waals surface area contributed by atoms with Crippen LogP contribution in [0.4, 0.5) is 4.39 Å². The number of halogens is 2. The number of rotatable bonds is 3. The summed E-state index contributed by atoms with van der Waals surface area (Å²) in [6.07, 6.45) is 0. The van der Waals surface area contributed by atoms with Gasteiger partial charge < -0.3 is 5.73 Å². The van der Waals surface area contributed by atoms with Crippen molar-refractivity contribution in [2.45, 2.75) is 22.8 Å². The molecule has 0 spiro atoms. The van der Waals surface area contributed by atoms with E-state index >= 15 is 0 Å². The number of hydrogen-bond donors (Lipinski definition) is 1. The summed E-state index contributed by atoms with van der Waals surface area (Å²) in [5, 5.41) is 0.683. The fourth-order valence-corrected chi connectivity index (χ4v) is 2.91. The maximum atomic E-state index is 13.2. The van der Waals surface area contributed by atoms with Gasteiger partial charge in [-0.05, 0) is 42.8 Å². The maximum Gasteiger partial charge on any atom is 0.123 e. The van der Waals surface area contributed by atoms with E-state index in [1.165, 1.54) is 23.9 Å². The lowest BCUT2D eigenvalue weighted by molar-refractivity contribution is 0.619. The SMILES string of the molecule is CC(N)c1cc(F)ccc1Sc1ccccc1Cl. The average Bonchev–Trinajstić information content (AvgIpc) is 2.34. The third-order valence-electron chi connectivity index (χ3n) is 2.52. The molecule has 1 nitrogen and oxygen atoms in total. The molecule has 0 saturated carbocycles. The molecule has 1 atom stereocenters. The largest absolute Gasteiger partial charge is 0.324 e. The summed E-state index contributed by atoms with van der Waals surface area (Å²) >= 11 is 7.61. The van der Waals surface area contributed by atoms with Gasteiger partial charge in [0.15, 0.2) is 0 Å². The highest BCUT2D eigenvalue weighted by atomic mass is 35.5. The third-order valence-corrected chi connectivity index (χ3v) is 4.13. The van der Waals surface area contributed by atoms with Gasteiger partial charge in [0.2, 0.25) is 0 Å². The molecule has 0 aliphatic rings. The smallest absolute Gasteiger partial charge is 0.123 e. The molecule has 0 aromatic heterocycles. The van der Waals surface area contributed by atoms with Gasteiger partial charge in [-0.2, -0.15) is 0 Å². The van der Waals surface area contributed by atoms with Crippen LogP contribution in [0.25, 0.3) is 0 Å². The van der Waals surface area contributed by atoms with Crippen LogP contribution < -0.4 is 5.73 Å². The Kier molecular flexibility index (Phi) is 4.27. The highest BCUT2D eigenvalue weighted by Gasteiger charge is 2.11. The zero-order chi connectivity index (χ0) is 13.1. The summed E-state index contributed by atoms with van der Waals surface area (Å²) in [5.41, 5.74) is 6.65. The van der Waals surface area contributed by atoms with Crippen LogP contribution in [0.5, 0.6) is 0 Å². The lowest BCUT2D eigenvalue weighted by atomic mass is 10.1. The molecule has 1 unspecified atom stereocenters. The van der Waals surface area contributed by atoms with Gasteiger partial charge in [-0.1, -0.05) is 35.5 Å². The average molecular weight is 282 g/mol. The summed E-state index contributed by atoms with van der Waals surface area (Å²) < 4.78 is 13.2. The topological polar surface area (TPSA) is 26.0 Å². The molecule has 4 heteroatoms. The van der Waals surface area contributed by atoms with Crippen LogP contribution in [0.2, 0.25) is 5.02 Å². The normalized spacial score (nSPS) is 12.4. The molecule has 94 valence electrons. The molecule has 0 aliphatic carbocycles. The Morgan fingerprint density at radius 1 is 1.17 bits per heavy atom. The first-order valence-corrected chi connectivity index (χ1v) is 6.75. The second kappa shape index (κ2) is 5.74. The molecule has 0 heterocycles. The Morgan fingerprint density at radius 2 is 1.89 bits per heavy atom. The van der Waals surface area contributed by atoms with Crippen LogP contribution in [0, 0.1) is 5.82 Å². The van der Waals surface area contributed by atoms with Crippen molar-refractivity contribution in [3.8, 4) is 0 Å². The minimum atomic E-state index is -0.272. The van der Waals surface area contributed by atoms with E-state index in [4.69, 9.17) is 17.3 Å². The number of benzene rings is 2. The highest BCUT2D eigenvalue weighted by molar-refractivity contribution is 7.99. The predicted molar refractivity (Wildman–Crippen MR) is 74.6 cm³/mol. The minimum Gasteiger partial charge on any atom is -0.324 e. The van der Waals surface area contributed by atoms with Crippen LogP contribution in [-0.2, 0) is 0 Å². The second-order valence-corrected chi connectivity index (χ2v) is 5.49. The fourth-order valence-electron chi connectivity index (χ4n) is 1.61. The molecule has 0 fully saturated rings. The van der Waals surface area contributed by atoms with Gasteiger partial charge in [0.05, 0.1) is 5.02 Å². The van der Waals surface area contributed by atoms with E-state index in [9.17, 15) is 4.39 Å². The van der Waals surface area contributed by atoms with Gasteiger partial charge >= 0.3 is 0 Å². The van der Waals surface area contributed by atoms with Crippen molar-refractivity contribution in [3.63, 3.8) is 0 Å². The Bertz CT molecular complexity index is 557. The molecule has 2 rings (SSSR count). The summed E-state index contributed by atoms with van der Waals surface area (Å²) in [4.78, 5) is 1.87. The van der Waals surface area contributed by atoms with Gasteiger partial charge in [0.25, 0.3) is 0 Å². The molecular weight excluding hydrogens is 269 g/mol. The molecule has 2 N–H and O–H groups in total. The van der Waals surface area contributed by atoms with E-state index in [0.29, 0.717) is 5.02 Å². The summed E-state index contributed by atoms with van der Waals surface area (Å²) in [6, 6.07) is 12.0. The first-order valence-electron chi connectivity index (χ1n) is 5.55. The third kappa shape index (κ3) is 3.05. The van der Waals surface area contributed by atoms with Crippen LogP contribution >= 0.6 is 23.4 Å². The number of hydrogen-bond acceptors (Lipinski definition) is 2. The van der Waals surface area contributed by atoms with Gasteiger partial charge in [-0.15, -0.1) is 0 Å². The van der Waals surface area contributed by atoms with Crippen LogP contribution in [0.1, 0.15) is 18.5 Å². The van der Waals surface area contributed by atoms with Crippen LogP contribution in [-0.4, -0.2) is 0 Å². The lowest BCUT2D eigenvalue weighted by Crippen LogP contribution is -2.06. The van der Waals surface area contributed by atoms with Crippen molar-refractivity contribution in [2.75, 3.05) is 0 Å². The van der Waals surface area contributed by atoms with E-state index in [0.717, 1.165) is 15.4 Å². The van der Waals surface area contributed by atoms with Crippen molar-refractivity contribution >= 4 is 23.4 Å². The molecule has 0 saturated heterocycles. The minimum absolute atomic E-state index is 0.217. The highest BCUT2D eigenvalue weighted by Crippen LogP contribution is 2.36. The van der Waals surface area contributed by atoms with Gasteiger partial charge in [-0.25, -0.2) is 4.39 Å². The van der Waals surface area contributed by atoms with E-state index in [1.807, 2.05) is 31.2 Å². The van der Waals surface area contributed by atoms with Crippen molar-refractivity contribution in [1.29, 1.82) is 0 Å². The molecule has 0 amide bonds. The first-order chi connectivity index (χ1) is 8.58. The zero-order valence-corrected chi connectivity index (χ0v) is 11.4. The summed E-state index contributed by atoms with van der Waals surface area (Å²) in [7, 11) is 0. The Hall–Kier alpha value is -1.03. The Morgan fingerprint density at radius 3 is 2.56 bits per heavy atom. The van der Waals surface area contributed by atoms with Crippen molar-refractivity contribution in [3.05, 3.63) is 58.9 Å². The quantitative estimate of drug-likeness (QED) is 0.886. The monoisotopic (exact) mass is 281 g/mol. The summed E-state index contributed by atoms with van der Waals surface area (Å²) in [6.45, 7) is 1.84. The summed E-state index contributed by atoms with van der Waals surface area (Å²) in [5.74, 6) is -0.272. The van der Waals surface area contributed by atoms with E-state index < -0.39 is 0 Å². The van der Waals surface area contributed by atoms with E-state index in [-0.39, 0.29) is 11.9 Å². The Balaban J connectivity index is 2.37. The molecule has 0 aliphatic heterocycles. The zero-order valence-electron chi connectivity index (χ0n) is 9.86. The molecule has 2 aromatic carbocycles. The van der Waals surface area contributed by atoms with Crippen molar-refractivity contribution in [2.24, 2.45) is 5.73 Å². The molecule has 0 radical (unpaired) electrons. The van der Waals surface area contributed by atoms with E-state index in [1.54, 1.807) is 6.07 Å². The fraction of sp³-hybridized carbons (Fsp3) is 0.143. The first kappa shape index (κ1) is 13.4. The van der Waals surface area contributed by atoms with Crippen LogP contribution in [0.3, 0.4) is 0 Å². The Labute approximate surface area is 115 Å². The maximum absolute atomic E-state index is 13.2. The van der Waals surface area contributed by atoms with Crippen LogP contribution in [0.15, 0.2) is 52.3 Å². The number of nitrogens with two attached hydrogens (primary N) is 1.